The van der Waals surface area contributed by atoms with E-state index in [4.69, 9.17) is 0 Å². The summed E-state index contributed by atoms with van der Waals surface area (Å²) in [6.07, 6.45) is 10.2. The van der Waals surface area contributed by atoms with Crippen LogP contribution in [-0.4, -0.2) is 20.9 Å². The molecule has 0 spiro atoms. The van der Waals surface area contributed by atoms with Crippen LogP contribution in [0.15, 0.2) is 0 Å². The van der Waals surface area contributed by atoms with Crippen LogP contribution >= 0.6 is 41.2 Å². The molecule has 1 rings (SSSR count). The van der Waals surface area contributed by atoms with Gasteiger partial charge < -0.3 is 0 Å². The van der Waals surface area contributed by atoms with Gasteiger partial charge in [0.1, 0.15) is 0 Å². The molecular formula is C11H21I3N-. The molecule has 2 unspecified atom stereocenters. The quantitative estimate of drug-likeness (QED) is 0.401. The zero-order valence-electron chi connectivity index (χ0n) is 9.32. The summed E-state index contributed by atoms with van der Waals surface area (Å²) in [5.41, 5.74) is 0. The Morgan fingerprint density at radius 1 is 1.07 bits per heavy atom. The Hall–Kier alpha value is 2.15. The van der Waals surface area contributed by atoms with Crippen LogP contribution in [0, 0.1) is 0 Å². The van der Waals surface area contributed by atoms with E-state index in [0.29, 0.717) is 17.2 Å². The van der Waals surface area contributed by atoms with Gasteiger partial charge in [0.25, 0.3) is 0 Å². The van der Waals surface area contributed by atoms with Crippen molar-refractivity contribution in [2.75, 3.05) is 7.05 Å². The van der Waals surface area contributed by atoms with Crippen LogP contribution in [0.4, 0.5) is 0 Å². The van der Waals surface area contributed by atoms with Crippen molar-refractivity contribution in [2.24, 2.45) is 0 Å². The van der Waals surface area contributed by atoms with Crippen molar-refractivity contribution in [1.29, 1.82) is 0 Å². The molecule has 1 N–H and O–H groups in total. The third kappa shape index (κ3) is 6.03. The van der Waals surface area contributed by atoms with Gasteiger partial charge in [-0.3, -0.25) is 0 Å². The maximum atomic E-state index is 3.49. The molecule has 0 aromatic rings. The molecule has 0 aliphatic heterocycles. The second kappa shape index (κ2) is 9.13. The molecule has 15 heavy (non-hydrogen) atoms. The molecule has 1 fully saturated rings. The van der Waals surface area contributed by atoms with Gasteiger partial charge in [0, 0.05) is 0 Å². The van der Waals surface area contributed by atoms with Crippen molar-refractivity contribution in [3.05, 3.63) is 0 Å². The second-order valence-electron chi connectivity index (χ2n) is 4.31. The van der Waals surface area contributed by atoms with Gasteiger partial charge in [-0.1, -0.05) is 0 Å². The minimum atomic E-state index is 0.458. The normalized spacial score (nSPS) is 35.3. The fraction of sp³-hybridized carbons (Fsp3) is 1.00. The first-order valence-corrected chi connectivity index (χ1v) is 14.6. The number of hydrogen-bond donors (Lipinski definition) is 1. The summed E-state index contributed by atoms with van der Waals surface area (Å²) in [6, 6.07) is 0.761. The summed E-state index contributed by atoms with van der Waals surface area (Å²) in [4.78, 5) is 0. The van der Waals surface area contributed by atoms with Gasteiger partial charge in [-0.2, -0.15) is 0 Å². The Balaban J connectivity index is 2.39. The van der Waals surface area contributed by atoms with Crippen molar-refractivity contribution >= 4 is 41.2 Å². The average molecular weight is 548 g/mol. The number of alkyl halides is 2. The Morgan fingerprint density at radius 2 is 1.73 bits per heavy atom. The Labute approximate surface area is 128 Å². The van der Waals surface area contributed by atoms with Crippen LogP contribution in [0.25, 0.3) is 0 Å². The van der Waals surface area contributed by atoms with E-state index < -0.39 is 0 Å². The number of nitrogens with one attached hydrogen (secondary N) is 1. The van der Waals surface area contributed by atoms with Crippen molar-refractivity contribution < 1.29 is 17.2 Å². The first kappa shape index (κ1) is 15.2. The van der Waals surface area contributed by atoms with Gasteiger partial charge in [-0.15, -0.1) is 0 Å². The average Bonchev–Trinajstić information content (AvgIpc) is 2.26. The molecule has 0 aromatic heterocycles. The predicted octanol–water partition coefficient (Wildman–Crippen LogP) is 0.930. The van der Waals surface area contributed by atoms with E-state index in [2.05, 4.69) is 53.6 Å². The predicted molar refractivity (Wildman–Crippen MR) is 80.8 cm³/mol. The zero-order valence-corrected chi connectivity index (χ0v) is 15.8. The molecule has 1 nitrogen and oxygen atoms in total. The molecule has 0 amide bonds. The summed E-state index contributed by atoms with van der Waals surface area (Å²) in [7, 11) is 2.13. The fourth-order valence-corrected chi connectivity index (χ4v) is 7.87. The van der Waals surface area contributed by atoms with E-state index in [-0.39, 0.29) is 0 Å². The molecule has 4 heteroatoms. The van der Waals surface area contributed by atoms with E-state index >= 15 is 0 Å². The van der Waals surface area contributed by atoms with Crippen LogP contribution < -0.4 is 22.5 Å². The molecule has 0 saturated heterocycles. The van der Waals surface area contributed by atoms with E-state index in [1.165, 1.54) is 44.9 Å². The summed E-state index contributed by atoms with van der Waals surface area (Å²) in [5, 5.41) is 3.49. The monoisotopic (exact) mass is 548 g/mol. The first-order chi connectivity index (χ1) is 7.27. The summed E-state index contributed by atoms with van der Waals surface area (Å²) >= 11 is 5.78. The Bertz CT molecular complexity index is 166. The summed E-state index contributed by atoms with van der Waals surface area (Å²) in [5.74, 6) is 0. The zero-order chi connectivity index (χ0) is 11.1. The minimum absolute atomic E-state index is 0.458. The molecule has 0 radical (unpaired) electrons. The number of rotatable bonds is 2. The SMILES string of the molecule is CNC1CCCC[C@@H]([I-]I)CCCC1I. The Morgan fingerprint density at radius 3 is 2.40 bits per heavy atom. The maximum absolute atomic E-state index is 3.49. The van der Waals surface area contributed by atoms with Gasteiger partial charge >= 0.3 is 130 Å². The van der Waals surface area contributed by atoms with Crippen LogP contribution in [0.5, 0.6) is 0 Å². The molecule has 0 heterocycles. The van der Waals surface area contributed by atoms with Crippen LogP contribution in [-0.2, 0) is 0 Å². The van der Waals surface area contributed by atoms with E-state index in [0.717, 1.165) is 13.9 Å². The van der Waals surface area contributed by atoms with Gasteiger partial charge in [-0.05, 0) is 0 Å². The van der Waals surface area contributed by atoms with Crippen LogP contribution in [0.1, 0.15) is 44.9 Å². The second-order valence-corrected chi connectivity index (χ2v) is 11.3. The molecular weight excluding hydrogens is 527 g/mol. The van der Waals surface area contributed by atoms with Crippen molar-refractivity contribution in [2.45, 2.75) is 58.8 Å². The van der Waals surface area contributed by atoms with Crippen molar-refractivity contribution in [1.82, 2.24) is 5.32 Å². The number of hydrogen-bond acceptors (Lipinski definition) is 1. The fourth-order valence-electron chi connectivity index (χ4n) is 2.20. The number of halogens is 3. The summed E-state index contributed by atoms with van der Waals surface area (Å²) in [6.45, 7) is 0. The molecule has 1 aliphatic carbocycles. The molecule has 1 aliphatic rings. The van der Waals surface area contributed by atoms with Gasteiger partial charge in [0.15, 0.2) is 0 Å². The first-order valence-electron chi connectivity index (χ1n) is 5.83. The van der Waals surface area contributed by atoms with Gasteiger partial charge in [0.05, 0.1) is 0 Å². The van der Waals surface area contributed by atoms with E-state index in [1.807, 2.05) is 0 Å². The Kier molecular flexibility index (Phi) is 9.26. The molecule has 0 aromatic carbocycles. The van der Waals surface area contributed by atoms with Gasteiger partial charge in [0.2, 0.25) is 0 Å². The molecule has 1 saturated carbocycles. The standard InChI is InChI=1S/C11H21I3N/c1-15-11-8-3-2-5-9(14-13)6-4-7-10(11)12/h9-11,15H,2-8H2,1H3/q-1/t9-,10?,11?/m1/s1. The van der Waals surface area contributed by atoms with Crippen LogP contribution in [0.3, 0.4) is 0 Å². The molecule has 3 atom stereocenters. The van der Waals surface area contributed by atoms with Crippen molar-refractivity contribution in [3.63, 3.8) is 0 Å². The topological polar surface area (TPSA) is 12.0 Å². The van der Waals surface area contributed by atoms with E-state index in [9.17, 15) is 0 Å². The van der Waals surface area contributed by atoms with E-state index in [1.54, 1.807) is 0 Å². The van der Waals surface area contributed by atoms with Crippen LogP contribution in [0.2, 0.25) is 0 Å². The molecule has 0 bridgehead atoms. The molecule has 92 valence electrons. The van der Waals surface area contributed by atoms with Gasteiger partial charge in [-0.25, -0.2) is 0 Å². The third-order valence-corrected chi connectivity index (χ3v) is 11.1. The third-order valence-electron chi connectivity index (χ3n) is 3.20. The van der Waals surface area contributed by atoms with Crippen molar-refractivity contribution in [3.8, 4) is 0 Å². The summed E-state index contributed by atoms with van der Waals surface area (Å²) < 4.78 is 1.96.